The summed E-state index contributed by atoms with van der Waals surface area (Å²) < 4.78 is 0. The predicted octanol–water partition coefficient (Wildman–Crippen LogP) is 1.75. The first-order chi connectivity index (χ1) is 3.30. The van der Waals surface area contributed by atoms with Crippen molar-refractivity contribution in [1.82, 2.24) is 0 Å². The molecule has 0 nitrogen and oxygen atoms in total. The molecule has 0 N–H and O–H groups in total. The lowest BCUT2D eigenvalue weighted by molar-refractivity contribution is 0.838. The fourth-order valence-corrected chi connectivity index (χ4v) is 4.87. The Hall–Kier alpha value is 0.430. The number of fused-ring (bicyclic) bond motifs is 1. The molecule has 1 aliphatic carbocycles. The van der Waals surface area contributed by atoms with Crippen molar-refractivity contribution in [3.8, 4) is 0 Å². The van der Waals surface area contributed by atoms with E-state index in [1.165, 1.54) is 11.6 Å². The highest BCUT2D eigenvalue weighted by atomic mass is 31.1. The van der Waals surface area contributed by atoms with E-state index in [-0.39, 0.29) is 0 Å². The fraction of sp³-hybridized carbons (Fsp3) is 1.00. The van der Waals surface area contributed by atoms with Gasteiger partial charge in [-0.25, -0.2) is 0 Å². The van der Waals surface area contributed by atoms with Gasteiger partial charge in [-0.05, 0) is 30.3 Å². The Balaban J connectivity index is 2.05. The van der Waals surface area contributed by atoms with E-state index in [4.69, 9.17) is 0 Å². The van der Waals surface area contributed by atoms with Gasteiger partial charge < -0.3 is 0 Å². The minimum atomic E-state index is 0.556. The highest BCUT2D eigenvalue weighted by molar-refractivity contribution is 7.60. The van der Waals surface area contributed by atoms with Crippen molar-refractivity contribution in [1.29, 1.82) is 0 Å². The second-order valence-corrected chi connectivity index (χ2v) is 5.43. The lowest BCUT2D eigenvalue weighted by atomic mass is 10.4. The lowest BCUT2D eigenvalue weighted by Gasteiger charge is -2.19. The molecule has 1 aliphatic heterocycles. The van der Waals surface area contributed by atoms with Crippen molar-refractivity contribution in [2.45, 2.75) is 12.6 Å². The molecule has 7 heavy (non-hydrogen) atoms. The fourth-order valence-electron chi connectivity index (χ4n) is 1.84. The SMILES string of the molecule is CC1C2CP(C)C12. The third kappa shape index (κ3) is 0.372. The maximum atomic E-state index is 2.44. The van der Waals surface area contributed by atoms with Crippen LogP contribution < -0.4 is 0 Å². The van der Waals surface area contributed by atoms with Gasteiger partial charge in [0.25, 0.3) is 0 Å². The second kappa shape index (κ2) is 1.05. The summed E-state index contributed by atoms with van der Waals surface area (Å²) in [6.45, 7) is 4.85. The molecule has 2 fully saturated rings. The van der Waals surface area contributed by atoms with Crippen LogP contribution in [-0.2, 0) is 0 Å². The van der Waals surface area contributed by atoms with Crippen LogP contribution in [0, 0.1) is 11.8 Å². The van der Waals surface area contributed by atoms with Crippen LogP contribution in [0.15, 0.2) is 0 Å². The van der Waals surface area contributed by atoms with Crippen LogP contribution in [0.1, 0.15) is 6.92 Å². The average molecular weight is 114 g/mol. The number of hydrogen-bond acceptors (Lipinski definition) is 0. The third-order valence-corrected chi connectivity index (χ3v) is 5.39. The maximum Gasteiger partial charge on any atom is -0.0148 e. The third-order valence-electron chi connectivity index (χ3n) is 2.52. The summed E-state index contributed by atoms with van der Waals surface area (Å²) in [7, 11) is 0.556. The molecule has 0 aromatic heterocycles. The molecule has 4 atom stereocenters. The standard InChI is InChI=1S/C6H11P/c1-4-5-3-7(2)6(4)5/h4-6H,3H2,1-2H3. The van der Waals surface area contributed by atoms with E-state index < -0.39 is 0 Å². The first kappa shape index (κ1) is 4.32. The molecule has 40 valence electrons. The Morgan fingerprint density at radius 3 is 2.29 bits per heavy atom. The summed E-state index contributed by atoms with van der Waals surface area (Å²) in [4.78, 5) is 0. The van der Waals surface area contributed by atoms with Crippen LogP contribution in [0.3, 0.4) is 0 Å². The molecule has 2 rings (SSSR count). The topological polar surface area (TPSA) is 0 Å². The quantitative estimate of drug-likeness (QED) is 0.421. The molecule has 0 amide bonds. The molecule has 1 heterocycles. The average Bonchev–Trinajstić information content (AvgIpc) is 2.07. The Morgan fingerprint density at radius 1 is 1.57 bits per heavy atom. The summed E-state index contributed by atoms with van der Waals surface area (Å²) >= 11 is 0. The van der Waals surface area contributed by atoms with Gasteiger partial charge in [-0.2, -0.15) is 0 Å². The van der Waals surface area contributed by atoms with Gasteiger partial charge in [0.05, 0.1) is 0 Å². The highest BCUT2D eigenvalue weighted by Crippen LogP contribution is 2.71. The lowest BCUT2D eigenvalue weighted by Crippen LogP contribution is -2.04. The van der Waals surface area contributed by atoms with Crippen LogP contribution in [0.5, 0.6) is 0 Å². The van der Waals surface area contributed by atoms with Gasteiger partial charge in [0.1, 0.15) is 0 Å². The Morgan fingerprint density at radius 2 is 2.29 bits per heavy atom. The second-order valence-electron chi connectivity index (χ2n) is 2.95. The summed E-state index contributed by atoms with van der Waals surface area (Å²) in [5, 5.41) is 0. The molecule has 0 radical (unpaired) electrons. The van der Waals surface area contributed by atoms with Crippen molar-refractivity contribution >= 4 is 7.92 Å². The van der Waals surface area contributed by atoms with Gasteiger partial charge in [-0.1, -0.05) is 6.92 Å². The summed E-state index contributed by atoms with van der Waals surface area (Å²) in [5.41, 5.74) is 1.23. The molecular weight excluding hydrogens is 103 g/mol. The monoisotopic (exact) mass is 114 g/mol. The summed E-state index contributed by atoms with van der Waals surface area (Å²) in [6, 6.07) is 0. The molecule has 1 saturated carbocycles. The minimum Gasteiger partial charge on any atom is -0.106 e. The zero-order valence-electron chi connectivity index (χ0n) is 4.89. The van der Waals surface area contributed by atoms with Crippen molar-refractivity contribution in [2.24, 2.45) is 11.8 Å². The van der Waals surface area contributed by atoms with Gasteiger partial charge in [-0.3, -0.25) is 0 Å². The van der Waals surface area contributed by atoms with Crippen molar-refractivity contribution in [3.05, 3.63) is 0 Å². The molecule has 4 unspecified atom stereocenters. The molecule has 0 bridgehead atoms. The smallest absolute Gasteiger partial charge is 0.0148 e. The molecular formula is C6H11P. The van der Waals surface area contributed by atoms with Gasteiger partial charge in [0, 0.05) is 0 Å². The molecule has 0 aromatic carbocycles. The van der Waals surface area contributed by atoms with E-state index in [0.717, 1.165) is 5.92 Å². The Labute approximate surface area is 46.1 Å². The summed E-state index contributed by atoms with van der Waals surface area (Å²) in [6.07, 6.45) is 1.60. The van der Waals surface area contributed by atoms with Gasteiger partial charge in [0.15, 0.2) is 0 Å². The van der Waals surface area contributed by atoms with Crippen molar-refractivity contribution < 1.29 is 0 Å². The van der Waals surface area contributed by atoms with E-state index in [2.05, 4.69) is 13.6 Å². The van der Waals surface area contributed by atoms with E-state index >= 15 is 0 Å². The molecule has 0 aromatic rings. The van der Waals surface area contributed by atoms with E-state index in [0.29, 0.717) is 7.92 Å². The van der Waals surface area contributed by atoms with Crippen LogP contribution in [0.25, 0.3) is 0 Å². The first-order valence-corrected chi connectivity index (χ1v) is 5.05. The predicted molar refractivity (Wildman–Crippen MR) is 34.2 cm³/mol. The van der Waals surface area contributed by atoms with Gasteiger partial charge >= 0.3 is 0 Å². The van der Waals surface area contributed by atoms with E-state index in [1.807, 2.05) is 0 Å². The molecule has 1 saturated heterocycles. The molecule has 0 spiro atoms. The number of rotatable bonds is 0. The normalized spacial score (nSPS) is 66.0. The Kier molecular flexibility index (Phi) is 0.649. The van der Waals surface area contributed by atoms with E-state index in [1.54, 1.807) is 6.16 Å². The van der Waals surface area contributed by atoms with E-state index in [9.17, 15) is 0 Å². The van der Waals surface area contributed by atoms with Crippen LogP contribution in [0.2, 0.25) is 0 Å². The van der Waals surface area contributed by atoms with Crippen molar-refractivity contribution in [3.63, 3.8) is 0 Å². The van der Waals surface area contributed by atoms with Gasteiger partial charge in [0.2, 0.25) is 0 Å². The van der Waals surface area contributed by atoms with Crippen LogP contribution in [0.4, 0.5) is 0 Å². The van der Waals surface area contributed by atoms with Gasteiger partial charge in [-0.15, -0.1) is 7.92 Å². The zero-order valence-corrected chi connectivity index (χ0v) is 5.78. The Bertz CT molecular complexity index is 89.6. The largest absolute Gasteiger partial charge is 0.106 e. The molecule has 2 aliphatic rings. The maximum absolute atomic E-state index is 2.44. The number of hydrogen-bond donors (Lipinski definition) is 0. The molecule has 1 heteroatoms. The zero-order chi connectivity index (χ0) is 5.02. The van der Waals surface area contributed by atoms with Crippen LogP contribution in [-0.4, -0.2) is 18.5 Å². The first-order valence-electron chi connectivity index (χ1n) is 3.01. The minimum absolute atomic E-state index is 0.556. The highest BCUT2D eigenvalue weighted by Gasteiger charge is 2.57. The van der Waals surface area contributed by atoms with Crippen LogP contribution >= 0.6 is 7.92 Å². The van der Waals surface area contributed by atoms with Crippen molar-refractivity contribution in [2.75, 3.05) is 12.8 Å². The summed E-state index contributed by atoms with van der Waals surface area (Å²) in [5.74, 6) is 2.34.